The smallest absolute Gasteiger partial charge is 0.139 e. The Labute approximate surface area is 125 Å². The Hall–Kier alpha value is -1.33. The molecule has 0 aliphatic heterocycles. The highest BCUT2D eigenvalue weighted by atomic mass is 79.9. The number of nitrogen functional groups attached to an aromatic ring is 1. The quantitative estimate of drug-likeness (QED) is 0.882. The van der Waals surface area contributed by atoms with E-state index in [2.05, 4.69) is 31.2 Å². The Bertz CT molecular complexity index is 616. The minimum Gasteiger partial charge on any atom is -0.383 e. The van der Waals surface area contributed by atoms with Gasteiger partial charge in [-0.2, -0.15) is 0 Å². The van der Waals surface area contributed by atoms with Gasteiger partial charge in [-0.15, -0.1) is 0 Å². The van der Waals surface area contributed by atoms with Crippen LogP contribution in [-0.2, 0) is 6.42 Å². The third-order valence-corrected chi connectivity index (χ3v) is 3.96. The van der Waals surface area contributed by atoms with Crippen molar-refractivity contribution in [3.63, 3.8) is 0 Å². The Morgan fingerprint density at radius 3 is 2.74 bits per heavy atom. The van der Waals surface area contributed by atoms with E-state index in [1.807, 2.05) is 32.0 Å². The molecule has 4 nitrogen and oxygen atoms in total. The molecule has 0 spiro atoms. The molecule has 3 N–H and O–H groups in total. The molecule has 0 saturated heterocycles. The minimum atomic E-state index is 0.498. The maximum atomic E-state index is 6.07. The van der Waals surface area contributed by atoms with E-state index in [9.17, 15) is 0 Å². The van der Waals surface area contributed by atoms with Crippen LogP contribution in [0.1, 0.15) is 18.3 Å². The number of nitrogens with zero attached hydrogens (tertiary/aromatic N) is 2. The second-order valence-corrected chi connectivity index (χ2v) is 5.37. The summed E-state index contributed by atoms with van der Waals surface area (Å²) in [5.74, 6) is 1.93. The molecule has 0 saturated carbocycles. The summed E-state index contributed by atoms with van der Waals surface area (Å²) in [5.41, 5.74) is 7.57. The van der Waals surface area contributed by atoms with Crippen molar-refractivity contribution in [1.29, 1.82) is 0 Å². The van der Waals surface area contributed by atoms with Crippen LogP contribution in [0.4, 0.5) is 17.3 Å². The molecule has 19 heavy (non-hydrogen) atoms. The molecule has 2 aromatic rings. The summed E-state index contributed by atoms with van der Waals surface area (Å²) < 4.78 is 0.855. The fourth-order valence-corrected chi connectivity index (χ4v) is 2.00. The lowest BCUT2D eigenvalue weighted by Crippen LogP contribution is -2.06. The topological polar surface area (TPSA) is 63.8 Å². The molecule has 0 aliphatic carbocycles. The van der Waals surface area contributed by atoms with Crippen molar-refractivity contribution in [3.05, 3.63) is 39.1 Å². The number of benzene rings is 1. The van der Waals surface area contributed by atoms with Gasteiger partial charge in [0.25, 0.3) is 0 Å². The van der Waals surface area contributed by atoms with Crippen LogP contribution in [-0.4, -0.2) is 9.97 Å². The van der Waals surface area contributed by atoms with Crippen molar-refractivity contribution in [2.75, 3.05) is 11.1 Å². The summed E-state index contributed by atoms with van der Waals surface area (Å²) in [5, 5.41) is 3.86. The normalized spacial score (nSPS) is 10.5. The van der Waals surface area contributed by atoms with Gasteiger partial charge in [-0.1, -0.05) is 18.5 Å². The van der Waals surface area contributed by atoms with Crippen LogP contribution < -0.4 is 11.1 Å². The fraction of sp³-hybridized carbons (Fsp3) is 0.231. The average Bonchev–Trinajstić information content (AvgIpc) is 2.39. The SMILES string of the molecule is CCc1nc(N)c(C)c(Nc2ccc(Br)c(Cl)c2)n1. The Kier molecular flexibility index (Phi) is 4.27. The first kappa shape index (κ1) is 14.1. The van der Waals surface area contributed by atoms with E-state index in [0.717, 1.165) is 22.1 Å². The van der Waals surface area contributed by atoms with Crippen LogP contribution in [0.5, 0.6) is 0 Å². The van der Waals surface area contributed by atoms with Crippen molar-refractivity contribution >= 4 is 44.9 Å². The molecule has 2 rings (SSSR count). The predicted molar refractivity (Wildman–Crippen MR) is 83.0 cm³/mol. The van der Waals surface area contributed by atoms with Gasteiger partial charge >= 0.3 is 0 Å². The van der Waals surface area contributed by atoms with Crippen molar-refractivity contribution in [2.24, 2.45) is 0 Å². The Balaban J connectivity index is 2.37. The summed E-state index contributed by atoms with van der Waals surface area (Å²) in [4.78, 5) is 8.66. The van der Waals surface area contributed by atoms with E-state index >= 15 is 0 Å². The second-order valence-electron chi connectivity index (χ2n) is 4.11. The molecule has 0 unspecified atom stereocenters. The zero-order valence-corrected chi connectivity index (χ0v) is 13.0. The number of anilines is 3. The zero-order valence-electron chi connectivity index (χ0n) is 10.7. The highest BCUT2D eigenvalue weighted by molar-refractivity contribution is 9.10. The third kappa shape index (κ3) is 3.16. The molecule has 0 radical (unpaired) electrons. The maximum absolute atomic E-state index is 6.07. The Morgan fingerprint density at radius 2 is 2.11 bits per heavy atom. The van der Waals surface area contributed by atoms with E-state index in [4.69, 9.17) is 17.3 Å². The number of halogens is 2. The zero-order chi connectivity index (χ0) is 14.0. The first-order valence-electron chi connectivity index (χ1n) is 5.86. The summed E-state index contributed by atoms with van der Waals surface area (Å²) in [7, 11) is 0. The van der Waals surface area contributed by atoms with Crippen LogP contribution in [0.25, 0.3) is 0 Å². The number of aryl methyl sites for hydroxylation is 1. The van der Waals surface area contributed by atoms with Crippen LogP contribution in [0, 0.1) is 6.92 Å². The Morgan fingerprint density at radius 1 is 1.37 bits per heavy atom. The van der Waals surface area contributed by atoms with Gasteiger partial charge in [-0.05, 0) is 41.1 Å². The molecule has 0 aliphatic rings. The highest BCUT2D eigenvalue weighted by Gasteiger charge is 2.08. The molecule has 6 heteroatoms. The first-order valence-corrected chi connectivity index (χ1v) is 7.03. The number of nitrogens with two attached hydrogens (primary N) is 1. The van der Waals surface area contributed by atoms with Crippen LogP contribution >= 0.6 is 27.5 Å². The summed E-state index contributed by atoms with van der Waals surface area (Å²) in [6, 6.07) is 5.62. The lowest BCUT2D eigenvalue weighted by molar-refractivity contribution is 0.940. The summed E-state index contributed by atoms with van der Waals surface area (Å²) in [6.07, 6.45) is 0.736. The largest absolute Gasteiger partial charge is 0.383 e. The molecule has 0 fully saturated rings. The number of aromatic nitrogens is 2. The molecule has 0 amide bonds. The highest BCUT2D eigenvalue weighted by Crippen LogP contribution is 2.28. The molecule has 1 aromatic carbocycles. The number of hydrogen-bond acceptors (Lipinski definition) is 4. The van der Waals surface area contributed by atoms with Gasteiger partial charge in [0.15, 0.2) is 0 Å². The van der Waals surface area contributed by atoms with E-state index in [1.165, 1.54) is 0 Å². The van der Waals surface area contributed by atoms with Gasteiger partial charge in [0.05, 0.1) is 5.02 Å². The van der Waals surface area contributed by atoms with Crippen molar-refractivity contribution in [1.82, 2.24) is 9.97 Å². The summed E-state index contributed by atoms with van der Waals surface area (Å²) in [6.45, 7) is 3.88. The van der Waals surface area contributed by atoms with Crippen LogP contribution in [0.15, 0.2) is 22.7 Å². The molecular formula is C13H14BrClN4. The molecule has 1 heterocycles. The number of nitrogens with one attached hydrogen (secondary N) is 1. The second kappa shape index (κ2) is 5.75. The number of hydrogen-bond donors (Lipinski definition) is 2. The third-order valence-electron chi connectivity index (χ3n) is 2.73. The van der Waals surface area contributed by atoms with Gasteiger partial charge < -0.3 is 11.1 Å². The fourth-order valence-electron chi connectivity index (χ4n) is 1.57. The standard InChI is InChI=1S/C13H14BrClN4/c1-3-11-18-12(16)7(2)13(19-11)17-8-4-5-9(14)10(15)6-8/h4-6H,3H2,1-2H3,(H3,16,17,18,19). The van der Waals surface area contributed by atoms with E-state index in [1.54, 1.807) is 0 Å². The van der Waals surface area contributed by atoms with Crippen LogP contribution in [0.2, 0.25) is 5.02 Å². The van der Waals surface area contributed by atoms with Crippen molar-refractivity contribution in [3.8, 4) is 0 Å². The monoisotopic (exact) mass is 340 g/mol. The lowest BCUT2D eigenvalue weighted by Gasteiger charge is -2.12. The first-order chi connectivity index (χ1) is 9.01. The number of rotatable bonds is 3. The van der Waals surface area contributed by atoms with Gasteiger partial charge in [-0.25, -0.2) is 9.97 Å². The molecule has 100 valence electrons. The summed E-state index contributed by atoms with van der Waals surface area (Å²) >= 11 is 9.42. The van der Waals surface area contributed by atoms with Crippen LogP contribution in [0.3, 0.4) is 0 Å². The van der Waals surface area contributed by atoms with Gasteiger partial charge in [0.1, 0.15) is 17.5 Å². The molecule has 1 aromatic heterocycles. The molecule has 0 atom stereocenters. The van der Waals surface area contributed by atoms with Gasteiger partial charge in [0.2, 0.25) is 0 Å². The molecular weight excluding hydrogens is 328 g/mol. The maximum Gasteiger partial charge on any atom is 0.139 e. The van der Waals surface area contributed by atoms with E-state index < -0.39 is 0 Å². The lowest BCUT2D eigenvalue weighted by atomic mass is 10.2. The minimum absolute atomic E-state index is 0.498. The van der Waals surface area contributed by atoms with Gasteiger partial charge in [0, 0.05) is 22.1 Å². The average molecular weight is 342 g/mol. The van der Waals surface area contributed by atoms with E-state index in [-0.39, 0.29) is 0 Å². The van der Waals surface area contributed by atoms with Crippen molar-refractivity contribution in [2.45, 2.75) is 20.3 Å². The van der Waals surface area contributed by atoms with E-state index in [0.29, 0.717) is 22.5 Å². The molecule has 0 bridgehead atoms. The predicted octanol–water partition coefficient (Wildman–Crippen LogP) is 4.09. The van der Waals surface area contributed by atoms with Crippen molar-refractivity contribution < 1.29 is 0 Å². The van der Waals surface area contributed by atoms with Gasteiger partial charge in [-0.3, -0.25) is 0 Å².